The largest absolute Gasteiger partial charge is 0.507 e. The zero-order valence-corrected chi connectivity index (χ0v) is 15.1. The third-order valence-electron chi connectivity index (χ3n) is 5.68. The highest BCUT2D eigenvalue weighted by Gasteiger charge is 2.24. The Kier molecular flexibility index (Phi) is 3.02. The number of pyridine rings is 1. The molecule has 1 aromatic heterocycles. The zero-order valence-electron chi connectivity index (χ0n) is 15.1. The van der Waals surface area contributed by atoms with Crippen molar-refractivity contribution in [3.63, 3.8) is 0 Å². The Morgan fingerprint density at radius 1 is 0.586 bits per heavy atom. The van der Waals surface area contributed by atoms with Crippen LogP contribution in [0, 0.1) is 0 Å². The molecule has 0 aliphatic heterocycles. The van der Waals surface area contributed by atoms with Gasteiger partial charge < -0.3 is 5.11 Å². The number of aromatic nitrogens is 1. The number of hydrogen-bond acceptors (Lipinski definition) is 4. The number of fused-ring (bicyclic) bond motifs is 6. The molecule has 5 aromatic carbocycles. The van der Waals surface area contributed by atoms with Gasteiger partial charge in [-0.05, 0) is 6.07 Å². The maximum absolute atomic E-state index is 13.3. The van der Waals surface area contributed by atoms with Gasteiger partial charge in [-0.25, -0.2) is 4.98 Å². The highest BCUT2D eigenvalue weighted by atomic mass is 16.3. The van der Waals surface area contributed by atoms with E-state index in [4.69, 9.17) is 4.98 Å². The van der Waals surface area contributed by atoms with Crippen LogP contribution in [0.15, 0.2) is 82.4 Å². The summed E-state index contributed by atoms with van der Waals surface area (Å²) < 4.78 is 0. The van der Waals surface area contributed by atoms with Gasteiger partial charge in [0.1, 0.15) is 5.75 Å². The first-order chi connectivity index (χ1) is 14.2. The quantitative estimate of drug-likeness (QED) is 0.454. The summed E-state index contributed by atoms with van der Waals surface area (Å²) >= 11 is 0. The highest BCUT2D eigenvalue weighted by molar-refractivity contribution is 6.25. The first kappa shape index (κ1) is 16.0. The number of para-hydroxylation sites is 1. The fraction of sp³-hybridized carbons (Fsp3) is 0. The lowest BCUT2D eigenvalue weighted by Gasteiger charge is -2.08. The molecule has 0 amide bonds. The second-order valence-electron chi connectivity index (χ2n) is 7.20. The van der Waals surface area contributed by atoms with Gasteiger partial charge in [0.2, 0.25) is 0 Å². The first-order valence-corrected chi connectivity index (χ1v) is 9.31. The molecule has 1 heterocycles. The molecule has 29 heavy (non-hydrogen) atoms. The number of rotatable bonds is 1. The molecule has 1 N–H and O–H groups in total. The predicted octanol–water partition coefficient (Wildman–Crippen LogP) is 4.66. The molecule has 0 spiro atoms. The fourth-order valence-corrected chi connectivity index (χ4v) is 4.42. The Bertz CT molecular complexity index is 1600. The second-order valence-corrected chi connectivity index (χ2v) is 7.20. The molecule has 0 aliphatic rings. The van der Waals surface area contributed by atoms with E-state index in [9.17, 15) is 14.7 Å². The molecule has 0 bridgehead atoms. The lowest BCUT2D eigenvalue weighted by atomic mass is 9.98. The SMILES string of the molecule is O=c1c2ccccc2c2nc3c(c(-c4ccccc4O)c12)c(=O)c1ccccc13. The average molecular weight is 375 g/mol. The van der Waals surface area contributed by atoms with Crippen LogP contribution in [0.3, 0.4) is 0 Å². The van der Waals surface area contributed by atoms with Crippen molar-refractivity contribution in [2.45, 2.75) is 0 Å². The van der Waals surface area contributed by atoms with E-state index in [2.05, 4.69) is 0 Å². The van der Waals surface area contributed by atoms with Crippen LogP contribution in [-0.4, -0.2) is 10.1 Å². The van der Waals surface area contributed by atoms with E-state index < -0.39 is 0 Å². The van der Waals surface area contributed by atoms with Crippen molar-refractivity contribution in [3.8, 4) is 16.9 Å². The molecule has 4 heteroatoms. The summed E-state index contributed by atoms with van der Waals surface area (Å²) in [6.45, 7) is 0. The molecule has 0 saturated heterocycles. The van der Waals surface area contributed by atoms with Gasteiger partial charge in [0.25, 0.3) is 0 Å². The van der Waals surface area contributed by atoms with Crippen molar-refractivity contribution in [2.75, 3.05) is 0 Å². The van der Waals surface area contributed by atoms with Crippen LogP contribution in [0.4, 0.5) is 0 Å². The molecule has 6 aromatic rings. The molecule has 136 valence electrons. The van der Waals surface area contributed by atoms with E-state index in [0.29, 0.717) is 43.7 Å². The average Bonchev–Trinajstić information content (AvgIpc) is 3.20. The predicted molar refractivity (Wildman–Crippen MR) is 116 cm³/mol. The second kappa shape index (κ2) is 5.49. The number of phenols is 1. The Morgan fingerprint density at radius 2 is 1.03 bits per heavy atom. The first-order valence-electron chi connectivity index (χ1n) is 9.31. The third kappa shape index (κ3) is 1.95. The van der Waals surface area contributed by atoms with Gasteiger partial charge in [0, 0.05) is 32.7 Å². The van der Waals surface area contributed by atoms with E-state index in [-0.39, 0.29) is 16.6 Å². The summed E-state index contributed by atoms with van der Waals surface area (Å²) in [4.78, 5) is 31.5. The smallest absolute Gasteiger partial charge is 0.196 e. The minimum absolute atomic E-state index is 0.0237. The summed E-state index contributed by atoms with van der Waals surface area (Å²) in [5.41, 5.74) is 1.70. The molecular weight excluding hydrogens is 362 g/mol. The van der Waals surface area contributed by atoms with Crippen LogP contribution in [0.25, 0.3) is 54.5 Å². The lowest BCUT2D eigenvalue weighted by molar-refractivity contribution is 0.477. The minimum atomic E-state index is -0.173. The van der Waals surface area contributed by atoms with Gasteiger partial charge in [-0.2, -0.15) is 0 Å². The van der Waals surface area contributed by atoms with E-state index in [1.165, 1.54) is 0 Å². The minimum Gasteiger partial charge on any atom is -0.507 e. The Balaban J connectivity index is 2.02. The molecule has 0 atom stereocenters. The van der Waals surface area contributed by atoms with Crippen molar-refractivity contribution >= 4 is 43.4 Å². The highest BCUT2D eigenvalue weighted by Crippen LogP contribution is 2.41. The van der Waals surface area contributed by atoms with Crippen molar-refractivity contribution < 1.29 is 5.11 Å². The molecule has 0 fully saturated rings. The van der Waals surface area contributed by atoms with Crippen molar-refractivity contribution in [1.82, 2.24) is 4.98 Å². The number of hydrogen-bond donors (Lipinski definition) is 1. The van der Waals surface area contributed by atoms with Gasteiger partial charge in [0.05, 0.1) is 21.8 Å². The molecule has 0 radical (unpaired) electrons. The maximum atomic E-state index is 13.3. The van der Waals surface area contributed by atoms with Crippen molar-refractivity contribution in [1.29, 1.82) is 0 Å². The Morgan fingerprint density at radius 3 is 1.55 bits per heavy atom. The standard InChI is InChI=1S/C25H13NO3/c27-18-12-6-5-11-17(18)19-20-22(13-7-1-3-9-15(13)24(20)28)26-23-14-8-2-4-10-16(14)25(29)21(19)23/h1-12,27H. The van der Waals surface area contributed by atoms with Crippen molar-refractivity contribution in [3.05, 3.63) is 93.2 Å². The maximum Gasteiger partial charge on any atom is 0.196 e. The van der Waals surface area contributed by atoms with Gasteiger partial charge in [-0.1, -0.05) is 66.7 Å². The monoisotopic (exact) mass is 375 g/mol. The van der Waals surface area contributed by atoms with E-state index in [1.807, 2.05) is 36.4 Å². The lowest BCUT2D eigenvalue weighted by Crippen LogP contribution is -2.02. The van der Waals surface area contributed by atoms with Crippen LogP contribution < -0.4 is 10.9 Å². The number of aromatic hydroxyl groups is 1. The molecular formula is C25H13NO3. The van der Waals surface area contributed by atoms with Crippen LogP contribution in [0.1, 0.15) is 0 Å². The van der Waals surface area contributed by atoms with Crippen LogP contribution in [-0.2, 0) is 0 Å². The van der Waals surface area contributed by atoms with Gasteiger partial charge in [0.15, 0.2) is 10.9 Å². The van der Waals surface area contributed by atoms with Crippen molar-refractivity contribution in [2.24, 2.45) is 0 Å². The molecule has 6 rings (SSSR count). The summed E-state index contributed by atoms with van der Waals surface area (Å²) in [5, 5.41) is 14.0. The van der Waals surface area contributed by atoms with E-state index >= 15 is 0 Å². The summed E-state index contributed by atoms with van der Waals surface area (Å²) in [7, 11) is 0. The summed E-state index contributed by atoms with van der Waals surface area (Å²) in [5.74, 6) is 0.0237. The van der Waals surface area contributed by atoms with Crippen LogP contribution >= 0.6 is 0 Å². The molecule has 4 nitrogen and oxygen atoms in total. The molecule has 0 saturated carbocycles. The topological polar surface area (TPSA) is 67.3 Å². The normalized spacial score (nSPS) is 11.9. The molecule has 0 unspecified atom stereocenters. The van der Waals surface area contributed by atoms with Crippen LogP contribution in [0.2, 0.25) is 0 Å². The number of benzene rings is 3. The Labute approximate surface area is 164 Å². The van der Waals surface area contributed by atoms with Gasteiger partial charge in [-0.3, -0.25) is 9.59 Å². The van der Waals surface area contributed by atoms with Crippen LogP contribution in [0.5, 0.6) is 5.75 Å². The zero-order chi connectivity index (χ0) is 19.7. The number of nitrogens with zero attached hydrogens (tertiary/aromatic N) is 1. The summed E-state index contributed by atoms with van der Waals surface area (Å²) in [6.07, 6.45) is 0. The van der Waals surface area contributed by atoms with Gasteiger partial charge >= 0.3 is 0 Å². The van der Waals surface area contributed by atoms with E-state index in [0.717, 1.165) is 10.8 Å². The summed E-state index contributed by atoms with van der Waals surface area (Å²) in [6, 6.07) is 21.5. The third-order valence-corrected chi connectivity index (χ3v) is 5.68. The van der Waals surface area contributed by atoms with E-state index in [1.54, 1.807) is 36.4 Å². The fourth-order valence-electron chi connectivity index (χ4n) is 4.42. The Hall–Kier alpha value is -4.05. The number of phenolic OH excluding ortho intramolecular Hbond substituents is 1. The molecule has 0 aliphatic carbocycles. The van der Waals surface area contributed by atoms with Gasteiger partial charge in [-0.15, -0.1) is 0 Å².